The number of carbonyl (C=O) groups is 1. The molecule has 1 amide bonds. The molecule has 3 aromatic carbocycles. The van der Waals surface area contributed by atoms with Crippen LogP contribution in [0.5, 0.6) is 11.5 Å². The van der Waals surface area contributed by atoms with Crippen molar-refractivity contribution in [2.24, 2.45) is 7.05 Å². The van der Waals surface area contributed by atoms with Crippen LogP contribution >= 0.6 is 0 Å². The van der Waals surface area contributed by atoms with Gasteiger partial charge in [-0.1, -0.05) is 65.1 Å². The second-order valence-corrected chi connectivity index (χ2v) is 10.5. The third-order valence-corrected chi connectivity index (χ3v) is 7.48. The first-order chi connectivity index (χ1) is 18.8. The standard InChI is InChI=1S/C28H21FN4O5S/c1-32-16-22(31-17-32)39(35,36)38-26-20-13-8-14-30-24(20)27(23-21(26)15-33(29)28(23)34)37-25(18-9-4-2-5-10-18)19-11-6-3-7-12-19/h2-14,16-17,25H,15H2,1H3. The molecule has 11 heteroatoms. The van der Waals surface area contributed by atoms with Crippen LogP contribution in [0.3, 0.4) is 0 Å². The summed E-state index contributed by atoms with van der Waals surface area (Å²) in [6.07, 6.45) is 3.40. The molecule has 6 rings (SSSR count). The molecule has 0 atom stereocenters. The first kappa shape index (κ1) is 24.6. The summed E-state index contributed by atoms with van der Waals surface area (Å²) in [5.41, 5.74) is 1.64. The molecule has 0 aliphatic carbocycles. The number of aromatic nitrogens is 3. The molecule has 2 aromatic heterocycles. The van der Waals surface area contributed by atoms with Crippen molar-refractivity contribution >= 4 is 26.9 Å². The Hall–Kier alpha value is -4.77. The fourth-order valence-electron chi connectivity index (χ4n) is 4.59. The molecule has 0 unspecified atom stereocenters. The average molecular weight is 545 g/mol. The lowest BCUT2D eigenvalue weighted by Crippen LogP contribution is -2.16. The van der Waals surface area contributed by atoms with Crippen LogP contribution in [0, 0.1) is 0 Å². The molecule has 0 radical (unpaired) electrons. The third-order valence-electron chi connectivity index (χ3n) is 6.37. The number of rotatable bonds is 7. The maximum atomic E-state index is 14.9. The minimum Gasteiger partial charge on any atom is -0.478 e. The van der Waals surface area contributed by atoms with Gasteiger partial charge in [-0.3, -0.25) is 9.78 Å². The van der Waals surface area contributed by atoms with E-state index >= 15 is 0 Å². The van der Waals surface area contributed by atoms with Crippen molar-refractivity contribution in [3.63, 3.8) is 0 Å². The van der Waals surface area contributed by atoms with Crippen LogP contribution in [0.15, 0.2) is 96.5 Å². The fourth-order valence-corrected chi connectivity index (χ4v) is 5.56. The Morgan fingerprint density at radius 1 is 0.923 bits per heavy atom. The first-order valence-electron chi connectivity index (χ1n) is 11.9. The van der Waals surface area contributed by atoms with Gasteiger partial charge in [0.25, 0.3) is 5.91 Å². The van der Waals surface area contributed by atoms with E-state index in [4.69, 9.17) is 8.92 Å². The van der Waals surface area contributed by atoms with E-state index in [1.165, 1.54) is 23.3 Å². The van der Waals surface area contributed by atoms with Gasteiger partial charge in [-0.15, -0.1) is 0 Å². The largest absolute Gasteiger partial charge is 0.478 e. The average Bonchev–Trinajstić information content (AvgIpc) is 3.53. The molecule has 39 heavy (non-hydrogen) atoms. The van der Waals surface area contributed by atoms with Crippen molar-refractivity contribution in [1.82, 2.24) is 19.7 Å². The Labute approximate surface area is 223 Å². The number of hydrogen-bond donors (Lipinski definition) is 0. The molecule has 0 saturated carbocycles. The highest BCUT2D eigenvalue weighted by molar-refractivity contribution is 7.87. The smallest absolute Gasteiger partial charge is 0.358 e. The maximum Gasteiger partial charge on any atom is 0.358 e. The van der Waals surface area contributed by atoms with E-state index in [2.05, 4.69) is 9.97 Å². The van der Waals surface area contributed by atoms with Crippen LogP contribution in [0.1, 0.15) is 33.2 Å². The number of amides is 1. The number of pyridine rings is 1. The molecule has 5 aromatic rings. The Balaban J connectivity index is 1.56. The van der Waals surface area contributed by atoms with Crippen LogP contribution in [-0.4, -0.2) is 34.0 Å². The van der Waals surface area contributed by atoms with Gasteiger partial charge in [-0.05, 0) is 23.3 Å². The number of imidazole rings is 1. The molecule has 0 spiro atoms. The topological polar surface area (TPSA) is 104 Å². The summed E-state index contributed by atoms with van der Waals surface area (Å²) < 4.78 is 54.6. The predicted octanol–water partition coefficient (Wildman–Crippen LogP) is 4.74. The minimum atomic E-state index is -4.42. The van der Waals surface area contributed by atoms with Gasteiger partial charge in [0, 0.05) is 30.4 Å². The summed E-state index contributed by atoms with van der Waals surface area (Å²) in [4.78, 5) is 21.4. The number of fused-ring (bicyclic) bond motifs is 2. The van der Waals surface area contributed by atoms with E-state index in [0.717, 1.165) is 11.1 Å². The second-order valence-electron chi connectivity index (χ2n) is 8.97. The molecule has 0 bridgehead atoms. The van der Waals surface area contributed by atoms with Crippen molar-refractivity contribution in [2.45, 2.75) is 17.7 Å². The Morgan fingerprint density at radius 3 is 2.21 bits per heavy atom. The van der Waals surface area contributed by atoms with E-state index in [1.807, 2.05) is 60.7 Å². The van der Waals surface area contributed by atoms with E-state index in [0.29, 0.717) is 0 Å². The van der Waals surface area contributed by atoms with Gasteiger partial charge in [0.05, 0.1) is 18.4 Å². The van der Waals surface area contributed by atoms with Crippen molar-refractivity contribution in [2.75, 3.05) is 0 Å². The lowest BCUT2D eigenvalue weighted by Gasteiger charge is -2.23. The highest BCUT2D eigenvalue weighted by Crippen LogP contribution is 2.47. The zero-order chi connectivity index (χ0) is 27.1. The van der Waals surface area contributed by atoms with Gasteiger partial charge < -0.3 is 13.5 Å². The maximum absolute atomic E-state index is 14.9. The Bertz CT molecular complexity index is 1770. The number of halogens is 1. The van der Waals surface area contributed by atoms with Gasteiger partial charge in [-0.2, -0.15) is 13.5 Å². The van der Waals surface area contributed by atoms with E-state index in [1.54, 1.807) is 19.2 Å². The second kappa shape index (κ2) is 9.52. The number of carbonyl (C=O) groups excluding carboxylic acids is 1. The zero-order valence-corrected chi connectivity index (χ0v) is 21.4. The summed E-state index contributed by atoms with van der Waals surface area (Å²) in [5, 5.41) is -0.0871. The molecule has 1 aliphatic heterocycles. The first-order valence-corrected chi connectivity index (χ1v) is 13.3. The molecular formula is C28H21FN4O5S. The summed E-state index contributed by atoms with van der Waals surface area (Å²) in [6.45, 7) is -0.524. The quantitative estimate of drug-likeness (QED) is 0.215. The zero-order valence-electron chi connectivity index (χ0n) is 20.6. The van der Waals surface area contributed by atoms with E-state index in [-0.39, 0.29) is 43.7 Å². The predicted molar refractivity (Wildman–Crippen MR) is 139 cm³/mol. The highest BCUT2D eigenvalue weighted by Gasteiger charge is 2.39. The monoisotopic (exact) mass is 544 g/mol. The van der Waals surface area contributed by atoms with Gasteiger partial charge in [0.2, 0.25) is 5.03 Å². The molecule has 0 N–H and O–H groups in total. The molecule has 196 valence electrons. The number of benzene rings is 3. The van der Waals surface area contributed by atoms with Crippen LogP contribution in [-0.2, 0) is 23.7 Å². The van der Waals surface area contributed by atoms with Crippen molar-refractivity contribution in [3.8, 4) is 11.5 Å². The molecule has 9 nitrogen and oxygen atoms in total. The fraction of sp³-hybridized carbons (Fsp3) is 0.107. The summed E-state index contributed by atoms with van der Waals surface area (Å²) in [7, 11) is -2.80. The lowest BCUT2D eigenvalue weighted by molar-refractivity contribution is 0.0216. The summed E-state index contributed by atoms with van der Waals surface area (Å²) in [6, 6.07) is 21.9. The van der Waals surface area contributed by atoms with Crippen LogP contribution in [0.4, 0.5) is 4.48 Å². The minimum absolute atomic E-state index is 0.00328. The van der Waals surface area contributed by atoms with Crippen LogP contribution in [0.25, 0.3) is 10.9 Å². The highest BCUT2D eigenvalue weighted by atomic mass is 32.2. The molecule has 0 saturated heterocycles. The molecule has 0 fully saturated rings. The SMILES string of the molecule is Cn1cnc(S(=O)(=O)Oc2c3c(c(OC(c4ccccc4)c4ccccc4)c4ncccc24)C(=O)N(F)C3)c1. The Kier molecular flexibility index (Phi) is 5.99. The number of aryl methyl sites for hydroxylation is 1. The van der Waals surface area contributed by atoms with Crippen molar-refractivity contribution in [3.05, 3.63) is 114 Å². The van der Waals surface area contributed by atoms with Crippen LogP contribution in [0.2, 0.25) is 0 Å². The number of ether oxygens (including phenoxy) is 1. The van der Waals surface area contributed by atoms with E-state index in [9.17, 15) is 17.7 Å². The third kappa shape index (κ3) is 4.36. The summed E-state index contributed by atoms with van der Waals surface area (Å²) in [5.74, 6) is -1.14. The van der Waals surface area contributed by atoms with E-state index < -0.39 is 28.7 Å². The van der Waals surface area contributed by atoms with Crippen molar-refractivity contribution in [1.29, 1.82) is 0 Å². The number of hydrogen-bond acceptors (Lipinski definition) is 7. The number of nitrogens with zero attached hydrogens (tertiary/aromatic N) is 4. The Morgan fingerprint density at radius 2 is 1.59 bits per heavy atom. The van der Waals surface area contributed by atoms with Gasteiger partial charge in [0.15, 0.2) is 11.5 Å². The van der Waals surface area contributed by atoms with Gasteiger partial charge in [-0.25, -0.2) is 4.98 Å². The van der Waals surface area contributed by atoms with Gasteiger partial charge in [0.1, 0.15) is 11.6 Å². The van der Waals surface area contributed by atoms with Crippen molar-refractivity contribution < 1.29 is 26.6 Å². The lowest BCUT2D eigenvalue weighted by atomic mass is 9.99. The normalized spacial score (nSPS) is 13.2. The molecule has 1 aliphatic rings. The summed E-state index contributed by atoms with van der Waals surface area (Å²) >= 11 is 0. The molecule has 3 heterocycles. The van der Waals surface area contributed by atoms with Crippen LogP contribution < -0.4 is 8.92 Å². The van der Waals surface area contributed by atoms with Gasteiger partial charge >= 0.3 is 10.1 Å². The molecular weight excluding hydrogens is 523 g/mol.